The van der Waals surface area contributed by atoms with Crippen LogP contribution in [0, 0.1) is 5.92 Å². The first-order valence-corrected chi connectivity index (χ1v) is 9.50. The Kier molecular flexibility index (Phi) is 7.79. The van der Waals surface area contributed by atoms with Crippen LogP contribution in [0.2, 0.25) is 0 Å². The topological polar surface area (TPSA) is 56.3 Å². The number of aryl methyl sites for hydroxylation is 1. The van der Waals surface area contributed by atoms with E-state index in [9.17, 15) is 9.59 Å². The summed E-state index contributed by atoms with van der Waals surface area (Å²) in [4.78, 5) is 29.2. The highest BCUT2D eigenvalue weighted by atomic mass is 32.1. The lowest BCUT2D eigenvalue weighted by molar-refractivity contribution is -0.142. The molecule has 0 N–H and O–H groups in total. The third-order valence-electron chi connectivity index (χ3n) is 3.90. The molecule has 2 rings (SSSR count). The Morgan fingerprint density at radius 1 is 1.24 bits per heavy atom. The molecule has 25 heavy (non-hydrogen) atoms. The number of hydrogen-bond acceptors (Lipinski definition) is 5. The van der Waals surface area contributed by atoms with Crippen molar-refractivity contribution in [1.82, 2.24) is 4.98 Å². The molecule has 2 heterocycles. The number of aromatic nitrogens is 1. The number of hydrogen-bond donors (Lipinski definition) is 0. The molecule has 0 bridgehead atoms. The number of carbonyl (C=O) groups is 2. The maximum atomic E-state index is 12.3. The lowest BCUT2D eigenvalue weighted by atomic mass is 10.1. The summed E-state index contributed by atoms with van der Waals surface area (Å²) in [5, 5.41) is 0. The summed E-state index contributed by atoms with van der Waals surface area (Å²) in [6, 6.07) is 7.94. The van der Waals surface area contributed by atoms with Crippen LogP contribution in [0.1, 0.15) is 53.2 Å². The summed E-state index contributed by atoms with van der Waals surface area (Å²) in [5.74, 6) is 0.222. The molecule has 0 aromatic carbocycles. The van der Waals surface area contributed by atoms with Crippen molar-refractivity contribution < 1.29 is 14.3 Å². The van der Waals surface area contributed by atoms with Crippen LogP contribution in [0.25, 0.3) is 0 Å². The van der Waals surface area contributed by atoms with Crippen molar-refractivity contribution in [2.45, 2.75) is 46.0 Å². The van der Waals surface area contributed by atoms with E-state index < -0.39 is 0 Å². The van der Waals surface area contributed by atoms with Gasteiger partial charge < -0.3 is 4.74 Å². The highest BCUT2D eigenvalue weighted by molar-refractivity contribution is 7.14. The van der Waals surface area contributed by atoms with Crippen LogP contribution in [0.3, 0.4) is 0 Å². The van der Waals surface area contributed by atoms with Crippen LogP contribution in [-0.4, -0.2) is 23.3 Å². The second-order valence-corrected chi connectivity index (χ2v) is 7.54. The van der Waals surface area contributed by atoms with Crippen LogP contribution >= 0.6 is 11.3 Å². The summed E-state index contributed by atoms with van der Waals surface area (Å²) in [6.45, 7) is 3.89. The average Bonchev–Trinajstić information content (AvgIpc) is 3.06. The number of nitrogens with zero attached hydrogens (tertiary/aromatic N) is 1. The fraction of sp³-hybridized carbons (Fsp3) is 0.450. The number of esters is 1. The molecule has 2 aromatic rings. The fourth-order valence-electron chi connectivity index (χ4n) is 2.58. The number of rotatable bonds is 10. The first-order chi connectivity index (χ1) is 12.0. The van der Waals surface area contributed by atoms with Gasteiger partial charge in [0.25, 0.3) is 0 Å². The molecule has 0 unspecified atom stereocenters. The van der Waals surface area contributed by atoms with Crippen molar-refractivity contribution in [2.75, 3.05) is 6.61 Å². The molecule has 1 atom stereocenters. The highest BCUT2D eigenvalue weighted by Gasteiger charge is 2.12. The summed E-state index contributed by atoms with van der Waals surface area (Å²) in [7, 11) is 0. The third-order valence-corrected chi connectivity index (χ3v) is 5.05. The molecule has 0 aliphatic heterocycles. The van der Waals surface area contributed by atoms with Crippen molar-refractivity contribution in [2.24, 2.45) is 5.92 Å². The monoisotopic (exact) mass is 359 g/mol. The Hall–Kier alpha value is -2.01. The van der Waals surface area contributed by atoms with Crippen LogP contribution < -0.4 is 0 Å². The second-order valence-electron chi connectivity index (χ2n) is 6.37. The maximum Gasteiger partial charge on any atom is 0.302 e. The van der Waals surface area contributed by atoms with Gasteiger partial charge in [-0.05, 0) is 55.4 Å². The molecule has 0 saturated carbocycles. The van der Waals surface area contributed by atoms with E-state index in [1.807, 2.05) is 31.3 Å². The third kappa shape index (κ3) is 7.18. The molecule has 0 fully saturated rings. The van der Waals surface area contributed by atoms with E-state index in [2.05, 4.69) is 11.1 Å². The molecule has 0 aliphatic rings. The second kappa shape index (κ2) is 10.1. The number of Topliss-reactive ketones (excluding diaryl/α,β-unsaturated/α-hetero) is 1. The van der Waals surface area contributed by atoms with E-state index >= 15 is 0 Å². The van der Waals surface area contributed by atoms with Crippen molar-refractivity contribution in [3.05, 3.63) is 52.0 Å². The molecule has 2 aromatic heterocycles. The Morgan fingerprint density at radius 3 is 2.80 bits per heavy atom. The summed E-state index contributed by atoms with van der Waals surface area (Å²) >= 11 is 1.56. The summed E-state index contributed by atoms with van der Waals surface area (Å²) in [5.41, 5.74) is 1.22. The van der Waals surface area contributed by atoms with E-state index in [0.29, 0.717) is 13.0 Å². The van der Waals surface area contributed by atoms with E-state index in [-0.39, 0.29) is 17.7 Å². The first kappa shape index (κ1) is 19.3. The largest absolute Gasteiger partial charge is 0.466 e. The lowest BCUT2D eigenvalue weighted by Crippen LogP contribution is -2.10. The molecule has 0 radical (unpaired) electrons. The zero-order valence-corrected chi connectivity index (χ0v) is 15.7. The Morgan fingerprint density at radius 2 is 2.08 bits per heavy atom. The summed E-state index contributed by atoms with van der Waals surface area (Å²) in [6.07, 6.45) is 7.91. The predicted molar refractivity (Wildman–Crippen MR) is 99.9 cm³/mol. The minimum Gasteiger partial charge on any atom is -0.466 e. The fourth-order valence-corrected chi connectivity index (χ4v) is 3.72. The van der Waals surface area contributed by atoms with Gasteiger partial charge in [-0.1, -0.05) is 13.0 Å². The number of ketones is 1. The van der Waals surface area contributed by atoms with Crippen molar-refractivity contribution in [1.29, 1.82) is 0 Å². The SMILES string of the molecule is CC(=O)OC[C@H](C)Cc1ccc(C(=O)CCCCc2cccnc2)s1. The van der Waals surface area contributed by atoms with Crippen LogP contribution in [0.15, 0.2) is 36.7 Å². The first-order valence-electron chi connectivity index (χ1n) is 8.68. The van der Waals surface area contributed by atoms with Crippen LogP contribution in [-0.2, 0) is 22.4 Å². The highest BCUT2D eigenvalue weighted by Crippen LogP contribution is 2.22. The molecule has 0 saturated heterocycles. The van der Waals surface area contributed by atoms with Gasteiger partial charge in [0, 0.05) is 30.6 Å². The van der Waals surface area contributed by atoms with Gasteiger partial charge in [0.1, 0.15) is 0 Å². The zero-order valence-electron chi connectivity index (χ0n) is 14.9. The Balaban J connectivity index is 1.71. The molecular weight excluding hydrogens is 334 g/mol. The zero-order chi connectivity index (χ0) is 18.1. The van der Waals surface area contributed by atoms with Crippen molar-refractivity contribution in [3.8, 4) is 0 Å². The van der Waals surface area contributed by atoms with Gasteiger partial charge in [-0.25, -0.2) is 0 Å². The number of ether oxygens (including phenoxy) is 1. The Bertz CT molecular complexity index is 681. The van der Waals surface area contributed by atoms with Gasteiger partial charge in [-0.15, -0.1) is 11.3 Å². The van der Waals surface area contributed by atoms with E-state index in [1.54, 1.807) is 17.5 Å². The molecule has 0 aliphatic carbocycles. The predicted octanol–water partition coefficient (Wildman–Crippen LogP) is 4.48. The quantitative estimate of drug-likeness (QED) is 0.356. The molecule has 134 valence electrons. The van der Waals surface area contributed by atoms with Gasteiger partial charge in [0.05, 0.1) is 11.5 Å². The molecule has 5 heteroatoms. The molecule has 0 amide bonds. The minimum atomic E-state index is -0.250. The minimum absolute atomic E-state index is 0.218. The van der Waals surface area contributed by atoms with Gasteiger partial charge >= 0.3 is 5.97 Å². The molecule has 0 spiro atoms. The van der Waals surface area contributed by atoms with E-state index in [4.69, 9.17) is 4.74 Å². The normalized spacial score (nSPS) is 11.9. The average molecular weight is 359 g/mol. The maximum absolute atomic E-state index is 12.3. The Labute approximate surface area is 153 Å². The summed E-state index contributed by atoms with van der Waals surface area (Å²) < 4.78 is 5.03. The van der Waals surface area contributed by atoms with Gasteiger partial charge in [-0.2, -0.15) is 0 Å². The number of carbonyl (C=O) groups excluding carboxylic acids is 2. The van der Waals surface area contributed by atoms with Crippen LogP contribution in [0.4, 0.5) is 0 Å². The number of unbranched alkanes of at least 4 members (excludes halogenated alkanes) is 1. The molecular formula is C20H25NO3S. The van der Waals surface area contributed by atoms with Gasteiger partial charge in [0.2, 0.25) is 0 Å². The lowest BCUT2D eigenvalue weighted by Gasteiger charge is -2.09. The van der Waals surface area contributed by atoms with Gasteiger partial charge in [0.15, 0.2) is 5.78 Å². The number of thiophene rings is 1. The van der Waals surface area contributed by atoms with Crippen molar-refractivity contribution in [3.63, 3.8) is 0 Å². The van der Waals surface area contributed by atoms with Gasteiger partial charge in [-0.3, -0.25) is 14.6 Å². The molecule has 4 nitrogen and oxygen atoms in total. The van der Waals surface area contributed by atoms with E-state index in [0.717, 1.165) is 30.6 Å². The number of pyridine rings is 1. The van der Waals surface area contributed by atoms with Crippen molar-refractivity contribution >= 4 is 23.1 Å². The standard InChI is InChI=1S/C20H25NO3S/c1-15(14-24-16(2)22)12-18-9-10-20(25-18)19(23)8-4-3-6-17-7-5-11-21-13-17/h5,7,9-11,13,15H,3-4,6,8,12,14H2,1-2H3/t15-/m1/s1. The van der Waals surface area contributed by atoms with E-state index in [1.165, 1.54) is 17.4 Å². The van der Waals surface area contributed by atoms with Crippen LogP contribution in [0.5, 0.6) is 0 Å². The smallest absolute Gasteiger partial charge is 0.302 e.